The van der Waals surface area contributed by atoms with Crippen molar-refractivity contribution in [2.45, 2.75) is 5.60 Å². The number of rotatable bonds is 1. The molecule has 1 aromatic carbocycles. The van der Waals surface area contributed by atoms with Gasteiger partial charge in [-0.25, -0.2) is 4.79 Å². The molecule has 0 aromatic heterocycles. The van der Waals surface area contributed by atoms with Crippen molar-refractivity contribution in [3.05, 3.63) is 29.8 Å². The molecule has 0 radical (unpaired) electrons. The molecule has 26 heavy (non-hydrogen) atoms. The van der Waals surface area contributed by atoms with Crippen LogP contribution in [-0.4, -0.2) is 80.9 Å². The largest absolute Gasteiger partial charge is 0.376 e. The highest BCUT2D eigenvalue weighted by atomic mass is 16.6. The van der Waals surface area contributed by atoms with Crippen LogP contribution in [0, 0.1) is 11.3 Å². The number of ether oxygens (including phenoxy) is 2. The van der Waals surface area contributed by atoms with E-state index in [1.54, 1.807) is 48.2 Å². The maximum atomic E-state index is 12.4. The van der Waals surface area contributed by atoms with E-state index in [2.05, 4.69) is 6.07 Å². The summed E-state index contributed by atoms with van der Waals surface area (Å²) in [4.78, 5) is 29.6. The van der Waals surface area contributed by atoms with Gasteiger partial charge < -0.3 is 24.2 Å². The Bertz CT molecular complexity index is 728. The molecule has 2 fully saturated rings. The first-order valence-corrected chi connectivity index (χ1v) is 8.43. The zero-order chi connectivity index (χ0) is 18.7. The third kappa shape index (κ3) is 3.64. The Hall–Kier alpha value is -2.63. The number of benzene rings is 1. The Kier molecular flexibility index (Phi) is 5.11. The van der Waals surface area contributed by atoms with Crippen molar-refractivity contribution in [2.75, 3.05) is 58.5 Å². The van der Waals surface area contributed by atoms with Gasteiger partial charge in [-0.15, -0.1) is 0 Å². The molecule has 0 aliphatic carbocycles. The number of morpholine rings is 1. The number of nitriles is 1. The summed E-state index contributed by atoms with van der Waals surface area (Å²) >= 11 is 0. The Labute approximate surface area is 152 Å². The summed E-state index contributed by atoms with van der Waals surface area (Å²) in [6.07, 6.45) is 0. The minimum Gasteiger partial charge on any atom is -0.376 e. The molecule has 8 nitrogen and oxygen atoms in total. The molecule has 8 heteroatoms. The number of hydrogen-bond acceptors (Lipinski definition) is 5. The van der Waals surface area contributed by atoms with Crippen LogP contribution in [0.5, 0.6) is 0 Å². The molecule has 0 bridgehead atoms. The standard InChI is InChI=1S/C18H22N4O4/c1-20(2)17(24)21-7-8-25-13-18(11-21)12-22(16(23)10-26-18)15-5-3-14(9-19)4-6-15/h3-6H,7-8,10-13H2,1-2H3. The van der Waals surface area contributed by atoms with Crippen molar-refractivity contribution in [1.29, 1.82) is 5.26 Å². The maximum absolute atomic E-state index is 12.4. The predicted octanol–water partition coefficient (Wildman–Crippen LogP) is 0.674. The molecule has 138 valence electrons. The molecule has 2 heterocycles. The van der Waals surface area contributed by atoms with E-state index in [9.17, 15) is 9.59 Å². The summed E-state index contributed by atoms with van der Waals surface area (Å²) in [5.41, 5.74) is 0.459. The molecule has 3 amide bonds. The highest BCUT2D eigenvalue weighted by molar-refractivity contribution is 5.95. The summed E-state index contributed by atoms with van der Waals surface area (Å²) in [6.45, 7) is 1.78. The van der Waals surface area contributed by atoms with Crippen LogP contribution >= 0.6 is 0 Å². The molecule has 1 spiro atoms. The van der Waals surface area contributed by atoms with Gasteiger partial charge in [-0.1, -0.05) is 0 Å². The van der Waals surface area contributed by atoms with Gasteiger partial charge in [0.25, 0.3) is 5.91 Å². The third-order valence-corrected chi connectivity index (χ3v) is 4.56. The molecule has 1 atom stereocenters. The predicted molar refractivity (Wildman–Crippen MR) is 93.7 cm³/mol. The number of hydrogen-bond donors (Lipinski definition) is 0. The molecule has 1 unspecified atom stereocenters. The van der Waals surface area contributed by atoms with E-state index < -0.39 is 5.60 Å². The summed E-state index contributed by atoms with van der Waals surface area (Å²) in [6, 6.07) is 8.80. The lowest BCUT2D eigenvalue weighted by atomic mass is 10.0. The Balaban J connectivity index is 1.83. The van der Waals surface area contributed by atoms with Gasteiger partial charge >= 0.3 is 6.03 Å². The van der Waals surface area contributed by atoms with Gasteiger partial charge in [0.05, 0.1) is 37.9 Å². The topological polar surface area (TPSA) is 86.1 Å². The molecule has 0 saturated carbocycles. The fraction of sp³-hybridized carbons (Fsp3) is 0.500. The summed E-state index contributed by atoms with van der Waals surface area (Å²) in [5.74, 6) is -0.157. The molecule has 2 saturated heterocycles. The minimum atomic E-state index is -0.774. The number of amides is 3. The zero-order valence-electron chi connectivity index (χ0n) is 15.0. The smallest absolute Gasteiger partial charge is 0.319 e. The highest BCUT2D eigenvalue weighted by Crippen LogP contribution is 2.27. The lowest BCUT2D eigenvalue weighted by Gasteiger charge is -2.43. The molecule has 0 N–H and O–H groups in total. The van der Waals surface area contributed by atoms with Gasteiger partial charge in [0, 0.05) is 26.3 Å². The second-order valence-electron chi connectivity index (χ2n) is 6.76. The Morgan fingerprint density at radius 3 is 2.65 bits per heavy atom. The van der Waals surface area contributed by atoms with Crippen molar-refractivity contribution in [3.63, 3.8) is 0 Å². The monoisotopic (exact) mass is 358 g/mol. The van der Waals surface area contributed by atoms with Crippen LogP contribution in [0.1, 0.15) is 5.56 Å². The summed E-state index contributed by atoms with van der Waals surface area (Å²) in [5, 5.41) is 8.94. The number of carbonyl (C=O) groups excluding carboxylic acids is 2. The van der Waals surface area contributed by atoms with Crippen LogP contribution in [0.2, 0.25) is 0 Å². The lowest BCUT2D eigenvalue weighted by Crippen LogP contribution is -2.61. The number of carbonyl (C=O) groups is 2. The van der Waals surface area contributed by atoms with E-state index in [0.29, 0.717) is 37.6 Å². The van der Waals surface area contributed by atoms with Crippen molar-refractivity contribution < 1.29 is 19.1 Å². The Morgan fingerprint density at radius 1 is 1.27 bits per heavy atom. The SMILES string of the molecule is CN(C)C(=O)N1CCOCC2(C1)CN(c1ccc(C#N)cc1)C(=O)CO2. The summed E-state index contributed by atoms with van der Waals surface area (Å²) in [7, 11) is 3.41. The first kappa shape index (κ1) is 18.2. The second kappa shape index (κ2) is 7.32. The fourth-order valence-electron chi connectivity index (χ4n) is 3.20. The van der Waals surface area contributed by atoms with Gasteiger partial charge in [0.1, 0.15) is 12.2 Å². The van der Waals surface area contributed by atoms with Gasteiger partial charge in [0.2, 0.25) is 0 Å². The third-order valence-electron chi connectivity index (χ3n) is 4.56. The lowest BCUT2D eigenvalue weighted by molar-refractivity contribution is -0.145. The van der Waals surface area contributed by atoms with E-state index in [4.69, 9.17) is 14.7 Å². The second-order valence-corrected chi connectivity index (χ2v) is 6.76. The zero-order valence-corrected chi connectivity index (χ0v) is 15.0. The molecule has 2 aliphatic rings. The van der Waals surface area contributed by atoms with E-state index in [0.717, 1.165) is 0 Å². The average Bonchev–Trinajstić information content (AvgIpc) is 2.86. The molecular weight excluding hydrogens is 336 g/mol. The normalized spacial score (nSPS) is 23.5. The minimum absolute atomic E-state index is 0.0760. The van der Waals surface area contributed by atoms with Crippen LogP contribution in [-0.2, 0) is 14.3 Å². The number of urea groups is 1. The van der Waals surface area contributed by atoms with E-state index in [1.165, 1.54) is 4.90 Å². The molecule has 3 rings (SSSR count). The average molecular weight is 358 g/mol. The first-order valence-electron chi connectivity index (χ1n) is 8.43. The van der Waals surface area contributed by atoms with Crippen molar-refractivity contribution in [1.82, 2.24) is 9.80 Å². The molecule has 2 aliphatic heterocycles. The number of nitrogens with zero attached hydrogens (tertiary/aromatic N) is 4. The molecule has 1 aromatic rings. The van der Waals surface area contributed by atoms with E-state index >= 15 is 0 Å². The van der Waals surface area contributed by atoms with Gasteiger partial charge in [-0.2, -0.15) is 5.26 Å². The van der Waals surface area contributed by atoms with Crippen LogP contribution in [0.25, 0.3) is 0 Å². The van der Waals surface area contributed by atoms with Crippen molar-refractivity contribution in [2.24, 2.45) is 0 Å². The van der Waals surface area contributed by atoms with Crippen molar-refractivity contribution in [3.8, 4) is 6.07 Å². The van der Waals surface area contributed by atoms with Gasteiger partial charge in [-0.05, 0) is 24.3 Å². The van der Waals surface area contributed by atoms with Gasteiger partial charge in [-0.3, -0.25) is 4.79 Å². The highest BCUT2D eigenvalue weighted by Gasteiger charge is 2.44. The van der Waals surface area contributed by atoms with E-state index in [-0.39, 0.29) is 25.1 Å². The quantitative estimate of drug-likeness (QED) is 0.737. The van der Waals surface area contributed by atoms with Crippen LogP contribution in [0.15, 0.2) is 24.3 Å². The Morgan fingerprint density at radius 2 is 2.00 bits per heavy atom. The van der Waals surface area contributed by atoms with Crippen LogP contribution in [0.4, 0.5) is 10.5 Å². The van der Waals surface area contributed by atoms with Crippen molar-refractivity contribution >= 4 is 17.6 Å². The van der Waals surface area contributed by atoms with Crippen LogP contribution in [0.3, 0.4) is 0 Å². The molecular formula is C18H22N4O4. The van der Waals surface area contributed by atoms with Gasteiger partial charge in [0.15, 0.2) is 0 Å². The summed E-state index contributed by atoms with van der Waals surface area (Å²) < 4.78 is 11.6. The van der Waals surface area contributed by atoms with Crippen LogP contribution < -0.4 is 4.90 Å². The van der Waals surface area contributed by atoms with E-state index in [1.807, 2.05) is 0 Å². The number of anilines is 1. The fourth-order valence-corrected chi connectivity index (χ4v) is 3.20. The maximum Gasteiger partial charge on any atom is 0.319 e. The first-order chi connectivity index (χ1) is 12.4.